The first-order valence-corrected chi connectivity index (χ1v) is 5.89. The summed E-state index contributed by atoms with van der Waals surface area (Å²) >= 11 is 0. The van der Waals surface area contributed by atoms with Crippen LogP contribution in [-0.4, -0.2) is 47.2 Å². The third-order valence-electron chi connectivity index (χ3n) is 3.33. The van der Waals surface area contributed by atoms with E-state index >= 15 is 0 Å². The highest BCUT2D eigenvalue weighted by Gasteiger charge is 2.38. The van der Waals surface area contributed by atoms with E-state index in [1.165, 1.54) is 12.8 Å². The van der Waals surface area contributed by atoms with Crippen LogP contribution in [0, 0.1) is 0 Å². The van der Waals surface area contributed by atoms with Gasteiger partial charge in [-0.05, 0) is 32.6 Å². The molecule has 2 atom stereocenters. The van der Waals surface area contributed by atoms with Gasteiger partial charge in [0, 0.05) is 25.2 Å². The van der Waals surface area contributed by atoms with Gasteiger partial charge in [-0.3, -0.25) is 9.69 Å². The second-order valence-corrected chi connectivity index (χ2v) is 4.70. The van der Waals surface area contributed by atoms with E-state index in [0.717, 1.165) is 13.0 Å². The minimum Gasteiger partial charge on any atom is -0.396 e. The van der Waals surface area contributed by atoms with E-state index in [4.69, 9.17) is 5.11 Å². The van der Waals surface area contributed by atoms with Gasteiger partial charge in [0.25, 0.3) is 0 Å². The van der Waals surface area contributed by atoms with E-state index in [1.807, 2.05) is 6.92 Å². The van der Waals surface area contributed by atoms with Gasteiger partial charge in [-0.15, -0.1) is 0 Å². The molecule has 2 N–H and O–H groups in total. The van der Waals surface area contributed by atoms with E-state index in [-0.39, 0.29) is 24.6 Å². The van der Waals surface area contributed by atoms with Gasteiger partial charge in [-0.2, -0.15) is 0 Å². The Bertz CT molecular complexity index is 241. The van der Waals surface area contributed by atoms with Crippen molar-refractivity contribution in [2.45, 2.75) is 50.7 Å². The normalized spacial score (nSPS) is 33.6. The molecule has 1 saturated carbocycles. The molecule has 2 fully saturated rings. The number of nitrogens with zero attached hydrogens (tertiary/aromatic N) is 1. The molecule has 0 aromatic rings. The summed E-state index contributed by atoms with van der Waals surface area (Å²) in [6.07, 6.45) is 4.01. The predicted octanol–water partition coefficient (Wildman–Crippen LogP) is 0.110. The molecule has 1 aliphatic heterocycles. The minimum atomic E-state index is -0.104. The first kappa shape index (κ1) is 10.9. The summed E-state index contributed by atoms with van der Waals surface area (Å²) in [5, 5.41) is 12.0. The van der Waals surface area contributed by atoms with Gasteiger partial charge in [0.15, 0.2) is 0 Å². The Morgan fingerprint density at radius 3 is 2.80 bits per heavy atom. The fraction of sp³-hybridized carbons (Fsp3) is 0.909. The predicted molar refractivity (Wildman–Crippen MR) is 57.4 cm³/mol. The monoisotopic (exact) mass is 212 g/mol. The van der Waals surface area contributed by atoms with E-state index in [0.29, 0.717) is 12.5 Å². The highest BCUT2D eigenvalue weighted by molar-refractivity contribution is 5.82. The van der Waals surface area contributed by atoms with Crippen LogP contribution in [0.4, 0.5) is 0 Å². The summed E-state index contributed by atoms with van der Waals surface area (Å²) in [7, 11) is 0. The molecule has 0 bridgehead atoms. The molecule has 1 saturated heterocycles. The van der Waals surface area contributed by atoms with Crippen LogP contribution >= 0.6 is 0 Å². The van der Waals surface area contributed by atoms with Gasteiger partial charge in [-0.1, -0.05) is 0 Å². The summed E-state index contributed by atoms with van der Waals surface area (Å²) in [6.45, 7) is 3.12. The van der Waals surface area contributed by atoms with Crippen molar-refractivity contribution in [2.75, 3.05) is 13.2 Å². The maximum absolute atomic E-state index is 11.9. The lowest BCUT2D eigenvalue weighted by molar-refractivity contribution is -0.126. The van der Waals surface area contributed by atoms with Crippen LogP contribution in [0.2, 0.25) is 0 Å². The van der Waals surface area contributed by atoms with Gasteiger partial charge in [0.2, 0.25) is 5.91 Å². The van der Waals surface area contributed by atoms with Crippen molar-refractivity contribution in [1.82, 2.24) is 10.2 Å². The molecule has 1 amide bonds. The Morgan fingerprint density at radius 1 is 1.47 bits per heavy atom. The number of rotatable bonds is 3. The Balaban J connectivity index is 2.07. The minimum absolute atomic E-state index is 0.0929. The molecule has 15 heavy (non-hydrogen) atoms. The first-order valence-electron chi connectivity index (χ1n) is 5.89. The number of nitrogens with one attached hydrogen (secondary N) is 1. The average Bonchev–Trinajstić information content (AvgIpc) is 2.98. The van der Waals surface area contributed by atoms with Gasteiger partial charge >= 0.3 is 0 Å². The quantitative estimate of drug-likeness (QED) is 0.698. The number of amides is 1. The maximum Gasteiger partial charge on any atom is 0.237 e. The molecule has 0 spiro atoms. The number of aliphatic hydroxyl groups is 1. The molecule has 0 aromatic carbocycles. The third kappa shape index (κ3) is 2.49. The smallest absolute Gasteiger partial charge is 0.237 e. The molecule has 0 radical (unpaired) electrons. The summed E-state index contributed by atoms with van der Waals surface area (Å²) in [5.41, 5.74) is 0. The largest absolute Gasteiger partial charge is 0.396 e. The molecule has 2 aliphatic rings. The second-order valence-electron chi connectivity index (χ2n) is 4.70. The first-order chi connectivity index (χ1) is 7.22. The van der Waals surface area contributed by atoms with Crippen molar-refractivity contribution in [1.29, 1.82) is 0 Å². The molecular formula is C11H20N2O2. The Labute approximate surface area is 90.6 Å². The molecule has 0 aromatic heterocycles. The zero-order chi connectivity index (χ0) is 10.8. The lowest BCUT2D eigenvalue weighted by Crippen LogP contribution is -2.46. The Morgan fingerprint density at radius 2 is 2.20 bits per heavy atom. The Kier molecular flexibility index (Phi) is 3.26. The number of carbonyl (C=O) groups is 1. The molecule has 2 rings (SSSR count). The van der Waals surface area contributed by atoms with Gasteiger partial charge < -0.3 is 10.4 Å². The van der Waals surface area contributed by atoms with E-state index in [2.05, 4.69) is 10.2 Å². The van der Waals surface area contributed by atoms with Crippen molar-refractivity contribution in [3.05, 3.63) is 0 Å². The van der Waals surface area contributed by atoms with Gasteiger partial charge in [0.1, 0.15) is 0 Å². The summed E-state index contributed by atoms with van der Waals surface area (Å²) in [4.78, 5) is 14.2. The average molecular weight is 212 g/mol. The van der Waals surface area contributed by atoms with Crippen LogP contribution in [0.3, 0.4) is 0 Å². The SMILES string of the molecule is CC1CCN(C2CC2)C(CCO)C(=O)N1. The second kappa shape index (κ2) is 4.49. The Hall–Kier alpha value is -0.610. The number of carbonyl (C=O) groups excluding carboxylic acids is 1. The summed E-state index contributed by atoms with van der Waals surface area (Å²) < 4.78 is 0. The maximum atomic E-state index is 11.9. The van der Waals surface area contributed by atoms with Crippen LogP contribution in [0.1, 0.15) is 32.6 Å². The van der Waals surface area contributed by atoms with Crippen LogP contribution in [0.15, 0.2) is 0 Å². The number of aliphatic hydroxyl groups excluding tert-OH is 1. The molecule has 86 valence electrons. The van der Waals surface area contributed by atoms with Gasteiger partial charge in [-0.25, -0.2) is 0 Å². The van der Waals surface area contributed by atoms with Crippen LogP contribution < -0.4 is 5.32 Å². The zero-order valence-corrected chi connectivity index (χ0v) is 9.28. The highest BCUT2D eigenvalue weighted by Crippen LogP contribution is 2.30. The number of hydrogen-bond acceptors (Lipinski definition) is 3. The highest BCUT2D eigenvalue weighted by atomic mass is 16.3. The van der Waals surface area contributed by atoms with E-state index < -0.39 is 0 Å². The fourth-order valence-corrected chi connectivity index (χ4v) is 2.32. The van der Waals surface area contributed by atoms with Crippen molar-refractivity contribution in [3.8, 4) is 0 Å². The zero-order valence-electron chi connectivity index (χ0n) is 9.28. The standard InChI is InChI=1S/C11H20N2O2/c1-8-4-6-13(9-2-3-9)10(5-7-14)11(15)12-8/h8-10,14H,2-7H2,1H3,(H,12,15). The molecule has 4 nitrogen and oxygen atoms in total. The lowest BCUT2D eigenvalue weighted by Gasteiger charge is -2.27. The topological polar surface area (TPSA) is 52.6 Å². The molecule has 1 aliphatic carbocycles. The summed E-state index contributed by atoms with van der Waals surface area (Å²) in [5.74, 6) is 0.0981. The van der Waals surface area contributed by atoms with Gasteiger partial charge in [0.05, 0.1) is 6.04 Å². The van der Waals surface area contributed by atoms with Crippen LogP contribution in [-0.2, 0) is 4.79 Å². The van der Waals surface area contributed by atoms with Crippen molar-refractivity contribution >= 4 is 5.91 Å². The lowest BCUT2D eigenvalue weighted by atomic mass is 10.1. The summed E-state index contributed by atoms with van der Waals surface area (Å²) in [6, 6.07) is 0.757. The molecule has 1 heterocycles. The van der Waals surface area contributed by atoms with Crippen molar-refractivity contribution < 1.29 is 9.90 Å². The molecule has 2 unspecified atom stereocenters. The van der Waals surface area contributed by atoms with E-state index in [9.17, 15) is 4.79 Å². The fourth-order valence-electron chi connectivity index (χ4n) is 2.32. The van der Waals surface area contributed by atoms with Crippen molar-refractivity contribution in [3.63, 3.8) is 0 Å². The van der Waals surface area contributed by atoms with Crippen LogP contribution in [0.5, 0.6) is 0 Å². The third-order valence-corrected chi connectivity index (χ3v) is 3.33. The van der Waals surface area contributed by atoms with E-state index in [1.54, 1.807) is 0 Å². The molecular weight excluding hydrogens is 192 g/mol. The van der Waals surface area contributed by atoms with Crippen molar-refractivity contribution in [2.24, 2.45) is 0 Å². The van der Waals surface area contributed by atoms with Crippen LogP contribution in [0.25, 0.3) is 0 Å². The number of hydrogen-bond donors (Lipinski definition) is 2. The molecule has 4 heteroatoms.